The van der Waals surface area contributed by atoms with E-state index in [9.17, 15) is 4.39 Å². The van der Waals surface area contributed by atoms with Gasteiger partial charge in [-0.25, -0.2) is 4.39 Å². The van der Waals surface area contributed by atoms with Gasteiger partial charge in [0.05, 0.1) is 6.54 Å². The molecular formula is C18H21FN6S. The van der Waals surface area contributed by atoms with Crippen molar-refractivity contribution in [1.29, 1.82) is 0 Å². The summed E-state index contributed by atoms with van der Waals surface area (Å²) in [6, 6.07) is 10.7. The fraction of sp³-hybridized carbons (Fsp3) is 0.278. The third kappa shape index (κ3) is 4.32. The minimum Gasteiger partial charge on any atom is -0.352 e. The molecule has 0 unspecified atom stereocenters. The van der Waals surface area contributed by atoms with Crippen LogP contribution in [-0.4, -0.2) is 33.9 Å². The highest BCUT2D eigenvalue weighted by Gasteiger charge is 2.08. The van der Waals surface area contributed by atoms with Crippen LogP contribution in [0.15, 0.2) is 47.6 Å². The second kappa shape index (κ2) is 8.66. The van der Waals surface area contributed by atoms with Crippen LogP contribution in [0.3, 0.4) is 0 Å². The summed E-state index contributed by atoms with van der Waals surface area (Å²) in [5, 5.41) is 14.8. The second-order valence-electron chi connectivity index (χ2n) is 5.67. The fourth-order valence-electron chi connectivity index (χ4n) is 2.63. The zero-order valence-electron chi connectivity index (χ0n) is 14.7. The molecule has 3 aromatic rings. The Morgan fingerprint density at radius 2 is 2.00 bits per heavy atom. The number of nitrogens with one attached hydrogen (secondary N) is 2. The summed E-state index contributed by atoms with van der Waals surface area (Å²) in [5.41, 5.74) is 2.85. The largest absolute Gasteiger partial charge is 0.352 e. The zero-order chi connectivity index (χ0) is 18.4. The van der Waals surface area contributed by atoms with Crippen LogP contribution in [0.4, 0.5) is 4.39 Å². The van der Waals surface area contributed by atoms with Gasteiger partial charge in [0.1, 0.15) is 5.82 Å². The maximum atomic E-state index is 13.5. The number of aromatic nitrogens is 3. The molecule has 0 spiro atoms. The van der Waals surface area contributed by atoms with Crippen molar-refractivity contribution in [2.75, 3.05) is 13.3 Å². The Bertz CT molecular complexity index is 908. The maximum absolute atomic E-state index is 13.5. The standard InChI is InChI=1S/C18H21FN6S/c1-20-18(21-10-13-6-7-15(19)9-14(13)12-26-2)22-11-17-24-23-16-5-3-4-8-25(16)17/h3-9H,10-12H2,1-2H3,(H2,20,21,22). The van der Waals surface area contributed by atoms with Gasteiger partial charge in [-0.2, -0.15) is 11.8 Å². The molecule has 0 aliphatic carbocycles. The van der Waals surface area contributed by atoms with E-state index in [2.05, 4.69) is 25.8 Å². The number of hydrogen-bond donors (Lipinski definition) is 2. The highest BCUT2D eigenvalue weighted by molar-refractivity contribution is 7.97. The average molecular weight is 372 g/mol. The van der Waals surface area contributed by atoms with Crippen LogP contribution in [0.25, 0.3) is 5.65 Å². The number of benzene rings is 1. The van der Waals surface area contributed by atoms with E-state index >= 15 is 0 Å². The number of pyridine rings is 1. The molecule has 136 valence electrons. The monoisotopic (exact) mass is 372 g/mol. The van der Waals surface area contributed by atoms with E-state index in [-0.39, 0.29) is 5.82 Å². The van der Waals surface area contributed by atoms with E-state index in [0.29, 0.717) is 19.0 Å². The number of nitrogens with zero attached hydrogens (tertiary/aromatic N) is 4. The van der Waals surface area contributed by atoms with E-state index in [1.54, 1.807) is 24.9 Å². The summed E-state index contributed by atoms with van der Waals surface area (Å²) in [5.74, 6) is 2.01. The highest BCUT2D eigenvalue weighted by atomic mass is 32.2. The Hall–Kier alpha value is -2.61. The topological polar surface area (TPSA) is 66.6 Å². The van der Waals surface area contributed by atoms with E-state index in [1.165, 1.54) is 6.07 Å². The molecule has 0 saturated carbocycles. The Balaban J connectivity index is 1.62. The molecule has 0 radical (unpaired) electrons. The molecule has 0 amide bonds. The Labute approximate surface area is 155 Å². The van der Waals surface area contributed by atoms with Gasteiger partial charge in [0, 0.05) is 25.5 Å². The summed E-state index contributed by atoms with van der Waals surface area (Å²) in [6.07, 6.45) is 3.93. The first-order chi connectivity index (χ1) is 12.7. The van der Waals surface area contributed by atoms with Crippen molar-refractivity contribution in [3.05, 3.63) is 65.4 Å². The molecule has 0 atom stereocenters. The van der Waals surface area contributed by atoms with E-state index in [1.807, 2.05) is 41.1 Å². The minimum atomic E-state index is -0.209. The van der Waals surface area contributed by atoms with Crippen LogP contribution in [0.1, 0.15) is 17.0 Å². The van der Waals surface area contributed by atoms with Gasteiger partial charge >= 0.3 is 0 Å². The highest BCUT2D eigenvalue weighted by Crippen LogP contribution is 2.16. The fourth-order valence-corrected chi connectivity index (χ4v) is 3.21. The molecule has 0 aliphatic heterocycles. The van der Waals surface area contributed by atoms with Gasteiger partial charge < -0.3 is 10.6 Å². The Morgan fingerprint density at radius 1 is 1.15 bits per heavy atom. The summed E-state index contributed by atoms with van der Waals surface area (Å²) in [6.45, 7) is 1.06. The molecule has 2 N–H and O–H groups in total. The number of halogens is 1. The van der Waals surface area contributed by atoms with Crippen molar-refractivity contribution in [2.45, 2.75) is 18.8 Å². The normalized spacial score (nSPS) is 11.7. The first-order valence-corrected chi connectivity index (χ1v) is 9.60. The molecular weight excluding hydrogens is 351 g/mol. The second-order valence-corrected chi connectivity index (χ2v) is 6.54. The molecule has 0 bridgehead atoms. The predicted molar refractivity (Wildman–Crippen MR) is 104 cm³/mol. The SMILES string of the molecule is CN=C(NCc1ccc(F)cc1CSC)NCc1nnc2ccccn12. The lowest BCUT2D eigenvalue weighted by atomic mass is 10.1. The third-order valence-corrected chi connectivity index (χ3v) is 4.54. The maximum Gasteiger partial charge on any atom is 0.191 e. The van der Waals surface area contributed by atoms with Crippen LogP contribution in [-0.2, 0) is 18.8 Å². The van der Waals surface area contributed by atoms with E-state index < -0.39 is 0 Å². The lowest BCUT2D eigenvalue weighted by Gasteiger charge is -2.14. The predicted octanol–water partition coefficient (Wildman–Crippen LogP) is 2.60. The summed E-state index contributed by atoms with van der Waals surface area (Å²) >= 11 is 1.67. The number of aliphatic imine (C=N–C) groups is 1. The molecule has 2 heterocycles. The van der Waals surface area contributed by atoms with Gasteiger partial charge in [-0.1, -0.05) is 12.1 Å². The summed E-state index contributed by atoms with van der Waals surface area (Å²) < 4.78 is 15.4. The lowest BCUT2D eigenvalue weighted by molar-refractivity contribution is 0.625. The number of guanidine groups is 1. The van der Waals surface area contributed by atoms with Gasteiger partial charge in [0.25, 0.3) is 0 Å². The van der Waals surface area contributed by atoms with Crippen LogP contribution < -0.4 is 10.6 Å². The molecule has 0 saturated heterocycles. The van der Waals surface area contributed by atoms with Gasteiger partial charge in [-0.3, -0.25) is 9.39 Å². The number of hydrogen-bond acceptors (Lipinski definition) is 4. The molecule has 8 heteroatoms. The summed E-state index contributed by atoms with van der Waals surface area (Å²) in [4.78, 5) is 4.23. The van der Waals surface area contributed by atoms with Crippen molar-refractivity contribution >= 4 is 23.4 Å². The van der Waals surface area contributed by atoms with Crippen LogP contribution in [0, 0.1) is 5.82 Å². The molecule has 1 aromatic carbocycles. The van der Waals surface area contributed by atoms with Crippen molar-refractivity contribution in [3.8, 4) is 0 Å². The van der Waals surface area contributed by atoms with Gasteiger partial charge in [-0.05, 0) is 41.6 Å². The van der Waals surface area contributed by atoms with Gasteiger partial charge in [0.15, 0.2) is 17.4 Å². The van der Waals surface area contributed by atoms with Crippen molar-refractivity contribution < 1.29 is 4.39 Å². The van der Waals surface area contributed by atoms with E-state index in [4.69, 9.17) is 0 Å². The molecule has 2 aromatic heterocycles. The number of thioether (sulfide) groups is 1. The Morgan fingerprint density at radius 3 is 2.81 bits per heavy atom. The zero-order valence-corrected chi connectivity index (χ0v) is 15.6. The van der Waals surface area contributed by atoms with Gasteiger partial charge in [0.2, 0.25) is 0 Å². The molecule has 0 aliphatic rings. The first-order valence-electron chi connectivity index (χ1n) is 8.20. The van der Waals surface area contributed by atoms with Crippen LogP contribution in [0.2, 0.25) is 0 Å². The van der Waals surface area contributed by atoms with Crippen molar-refractivity contribution in [2.24, 2.45) is 4.99 Å². The summed E-state index contributed by atoms with van der Waals surface area (Å²) in [7, 11) is 1.71. The molecule has 3 rings (SSSR count). The first kappa shape index (κ1) is 18.2. The number of fused-ring (bicyclic) bond motifs is 1. The van der Waals surface area contributed by atoms with E-state index in [0.717, 1.165) is 28.4 Å². The molecule has 0 fully saturated rings. The minimum absolute atomic E-state index is 0.209. The van der Waals surface area contributed by atoms with Crippen molar-refractivity contribution in [3.63, 3.8) is 0 Å². The van der Waals surface area contributed by atoms with Crippen molar-refractivity contribution in [1.82, 2.24) is 25.2 Å². The quantitative estimate of drug-likeness (QED) is 0.514. The van der Waals surface area contributed by atoms with Crippen LogP contribution in [0.5, 0.6) is 0 Å². The average Bonchev–Trinajstić information content (AvgIpc) is 3.07. The lowest BCUT2D eigenvalue weighted by Crippen LogP contribution is -2.37. The van der Waals surface area contributed by atoms with Crippen LogP contribution >= 0.6 is 11.8 Å². The Kier molecular flexibility index (Phi) is 6.06. The third-order valence-electron chi connectivity index (χ3n) is 3.94. The number of rotatable bonds is 6. The molecule has 6 nitrogen and oxygen atoms in total. The smallest absolute Gasteiger partial charge is 0.191 e. The van der Waals surface area contributed by atoms with Gasteiger partial charge in [-0.15, -0.1) is 10.2 Å². The molecule has 26 heavy (non-hydrogen) atoms.